The summed E-state index contributed by atoms with van der Waals surface area (Å²) < 4.78 is 0. The lowest BCUT2D eigenvalue weighted by molar-refractivity contribution is -0.124. The van der Waals surface area contributed by atoms with Crippen molar-refractivity contribution in [3.63, 3.8) is 0 Å². The minimum atomic E-state index is -0.487. The number of para-hydroxylation sites is 2. The fourth-order valence-corrected chi connectivity index (χ4v) is 5.48. The van der Waals surface area contributed by atoms with Crippen molar-refractivity contribution < 1.29 is 9.59 Å². The number of hydrogen-bond acceptors (Lipinski definition) is 3. The molecule has 1 heterocycles. The van der Waals surface area contributed by atoms with Crippen LogP contribution in [-0.4, -0.2) is 11.7 Å². The van der Waals surface area contributed by atoms with Gasteiger partial charge in [-0.25, -0.2) is 0 Å². The van der Waals surface area contributed by atoms with Crippen LogP contribution in [-0.2, 0) is 10.2 Å². The van der Waals surface area contributed by atoms with E-state index in [1.54, 1.807) is 0 Å². The summed E-state index contributed by atoms with van der Waals surface area (Å²) >= 11 is 0. The van der Waals surface area contributed by atoms with E-state index in [2.05, 4.69) is 70.3 Å². The van der Waals surface area contributed by atoms with Crippen molar-refractivity contribution in [2.75, 3.05) is 10.2 Å². The second-order valence-corrected chi connectivity index (χ2v) is 11.7. The van der Waals surface area contributed by atoms with Gasteiger partial charge in [-0.1, -0.05) is 95.3 Å². The summed E-state index contributed by atoms with van der Waals surface area (Å²) in [5, 5.41) is 3.57. The molecule has 1 N–H and O–H groups in total. The number of benzene rings is 3. The summed E-state index contributed by atoms with van der Waals surface area (Å²) in [6, 6.07) is 25.2. The molecule has 4 nitrogen and oxygen atoms in total. The summed E-state index contributed by atoms with van der Waals surface area (Å²) in [6.45, 7) is 10.7. The van der Waals surface area contributed by atoms with Gasteiger partial charge in [-0.05, 0) is 46.2 Å². The van der Waals surface area contributed by atoms with Crippen LogP contribution in [0.5, 0.6) is 0 Å². The molecule has 184 valence electrons. The highest BCUT2D eigenvalue weighted by atomic mass is 16.2. The average molecular weight is 479 g/mol. The van der Waals surface area contributed by atoms with E-state index in [1.807, 2.05) is 59.5 Å². The third-order valence-corrected chi connectivity index (χ3v) is 7.25. The van der Waals surface area contributed by atoms with E-state index < -0.39 is 12.0 Å². The van der Waals surface area contributed by atoms with Gasteiger partial charge in [0.1, 0.15) is 5.78 Å². The number of hydrogen-bond donors (Lipinski definition) is 1. The number of rotatable bonds is 2. The van der Waals surface area contributed by atoms with Crippen LogP contribution in [0.15, 0.2) is 90.6 Å². The van der Waals surface area contributed by atoms with E-state index >= 15 is 0 Å². The quantitative estimate of drug-likeness (QED) is 0.420. The summed E-state index contributed by atoms with van der Waals surface area (Å²) in [4.78, 5) is 29.9. The summed E-state index contributed by atoms with van der Waals surface area (Å²) in [5.41, 5.74) is 4.99. The first-order chi connectivity index (χ1) is 17.0. The molecule has 0 bridgehead atoms. The number of anilines is 2. The first-order valence-electron chi connectivity index (χ1n) is 12.7. The van der Waals surface area contributed by atoms with Gasteiger partial charge >= 0.3 is 0 Å². The van der Waals surface area contributed by atoms with E-state index in [1.165, 1.54) is 5.56 Å². The first-order valence-corrected chi connectivity index (χ1v) is 12.7. The molecule has 36 heavy (non-hydrogen) atoms. The van der Waals surface area contributed by atoms with E-state index in [9.17, 15) is 9.59 Å². The van der Waals surface area contributed by atoms with Gasteiger partial charge in [-0.2, -0.15) is 0 Å². The molecule has 0 aromatic heterocycles. The number of fused-ring (bicyclic) bond motifs is 2. The van der Waals surface area contributed by atoms with E-state index in [0.29, 0.717) is 12.0 Å². The van der Waals surface area contributed by atoms with Crippen molar-refractivity contribution in [2.45, 2.75) is 52.5 Å². The molecule has 5 rings (SSSR count). The van der Waals surface area contributed by atoms with Crippen LogP contribution >= 0.6 is 0 Å². The van der Waals surface area contributed by atoms with Crippen molar-refractivity contribution in [3.05, 3.63) is 107 Å². The second-order valence-electron chi connectivity index (χ2n) is 11.7. The topological polar surface area (TPSA) is 49.4 Å². The monoisotopic (exact) mass is 478 g/mol. The number of ketones is 1. The second kappa shape index (κ2) is 8.77. The molecule has 1 aliphatic carbocycles. The van der Waals surface area contributed by atoms with Crippen molar-refractivity contribution in [1.29, 1.82) is 0 Å². The Labute approximate surface area is 214 Å². The molecule has 0 unspecified atom stereocenters. The summed E-state index contributed by atoms with van der Waals surface area (Å²) in [6.07, 6.45) is 2.62. The Morgan fingerprint density at radius 2 is 1.56 bits per heavy atom. The van der Waals surface area contributed by atoms with E-state index in [-0.39, 0.29) is 22.5 Å². The molecule has 2 aliphatic rings. The van der Waals surface area contributed by atoms with Gasteiger partial charge in [0, 0.05) is 17.7 Å². The number of carbonyl (C=O) groups is 2. The zero-order valence-corrected chi connectivity index (χ0v) is 21.7. The van der Waals surface area contributed by atoms with Crippen LogP contribution < -0.4 is 10.2 Å². The maximum atomic E-state index is 14.2. The van der Waals surface area contributed by atoms with Crippen LogP contribution in [0.2, 0.25) is 0 Å². The van der Waals surface area contributed by atoms with Crippen LogP contribution in [0.3, 0.4) is 0 Å². The first kappa shape index (κ1) is 24.1. The number of Topliss-reactive ketones (excluding diaryl/α,β-unsaturated/α-hetero) is 1. The van der Waals surface area contributed by atoms with Gasteiger partial charge in [-0.15, -0.1) is 0 Å². The van der Waals surface area contributed by atoms with Crippen molar-refractivity contribution >= 4 is 23.1 Å². The third-order valence-electron chi connectivity index (χ3n) is 7.25. The molecule has 3 aromatic rings. The zero-order chi connectivity index (χ0) is 25.7. The largest absolute Gasteiger partial charge is 0.357 e. The Hall–Kier alpha value is -3.66. The molecule has 1 aliphatic heterocycles. The maximum Gasteiger partial charge on any atom is 0.258 e. The highest BCUT2D eigenvalue weighted by molar-refractivity contribution is 6.09. The Bertz CT molecular complexity index is 1330. The van der Waals surface area contributed by atoms with Gasteiger partial charge in [0.05, 0.1) is 23.3 Å². The maximum absolute atomic E-state index is 14.2. The van der Waals surface area contributed by atoms with Gasteiger partial charge in [0.2, 0.25) is 0 Å². The van der Waals surface area contributed by atoms with Crippen LogP contribution in [0, 0.1) is 11.3 Å². The minimum absolute atomic E-state index is 0.00539. The zero-order valence-electron chi connectivity index (χ0n) is 21.7. The Balaban J connectivity index is 1.76. The van der Waals surface area contributed by atoms with Crippen LogP contribution in [0.1, 0.15) is 68.6 Å². The average Bonchev–Trinajstić information content (AvgIpc) is 2.97. The molecule has 4 heteroatoms. The lowest BCUT2D eigenvalue weighted by Crippen LogP contribution is -2.43. The van der Waals surface area contributed by atoms with Crippen molar-refractivity contribution in [3.8, 4) is 0 Å². The SMILES string of the molecule is CC1(C)C=C2Nc3ccccc3N(C(=O)c3ccccc3)[C@@H](c3ccc(C(C)(C)C)cc3)[C@@H]2C(=O)C1. The summed E-state index contributed by atoms with van der Waals surface area (Å²) in [5.74, 6) is -0.458. The number of amides is 1. The van der Waals surface area contributed by atoms with Crippen LogP contribution in [0.25, 0.3) is 0 Å². The molecule has 0 saturated heterocycles. The Morgan fingerprint density at radius 1 is 0.917 bits per heavy atom. The molecule has 1 amide bonds. The van der Waals surface area contributed by atoms with Crippen molar-refractivity contribution in [2.24, 2.45) is 11.3 Å². The molecule has 0 saturated carbocycles. The molecular weight excluding hydrogens is 444 g/mol. The standard InChI is InChI=1S/C32H34N2O2/c1-31(2,3)23-17-15-21(16-18-23)29-28-25(19-32(4,5)20-27(28)35)33-24-13-9-10-14-26(24)34(29)30(36)22-11-7-6-8-12-22/h6-19,28-29,33H,20H2,1-5H3/t28-,29-/m0/s1. The predicted molar refractivity (Wildman–Crippen MR) is 146 cm³/mol. The molecule has 2 atom stereocenters. The number of nitrogens with zero attached hydrogens (tertiary/aromatic N) is 1. The van der Waals surface area contributed by atoms with Gasteiger partial charge in [0.25, 0.3) is 5.91 Å². The lowest BCUT2D eigenvalue weighted by atomic mass is 9.72. The Morgan fingerprint density at radius 3 is 2.22 bits per heavy atom. The normalized spacial score (nSPS) is 21.0. The van der Waals surface area contributed by atoms with E-state index in [4.69, 9.17) is 0 Å². The molecule has 3 aromatic carbocycles. The van der Waals surface area contributed by atoms with Crippen molar-refractivity contribution in [1.82, 2.24) is 0 Å². The molecular formula is C32H34N2O2. The molecule has 0 fully saturated rings. The lowest BCUT2D eigenvalue weighted by Gasteiger charge is -2.39. The van der Waals surface area contributed by atoms with Gasteiger partial charge in [-0.3, -0.25) is 14.5 Å². The van der Waals surface area contributed by atoms with Gasteiger partial charge in [0.15, 0.2) is 0 Å². The van der Waals surface area contributed by atoms with Gasteiger partial charge < -0.3 is 5.32 Å². The highest BCUT2D eigenvalue weighted by Crippen LogP contribution is 2.49. The fourth-order valence-electron chi connectivity index (χ4n) is 5.48. The predicted octanol–water partition coefficient (Wildman–Crippen LogP) is 7.30. The van der Waals surface area contributed by atoms with Crippen LogP contribution in [0.4, 0.5) is 11.4 Å². The van der Waals surface area contributed by atoms with E-state index in [0.717, 1.165) is 22.6 Å². The minimum Gasteiger partial charge on any atom is -0.357 e. The third kappa shape index (κ3) is 4.37. The highest BCUT2D eigenvalue weighted by Gasteiger charge is 2.46. The molecule has 0 radical (unpaired) electrons. The smallest absolute Gasteiger partial charge is 0.258 e. The fraction of sp³-hybridized carbons (Fsp3) is 0.312. The molecule has 0 spiro atoms. The number of nitrogens with one attached hydrogen (secondary N) is 1. The number of allylic oxidation sites excluding steroid dienone is 1. The summed E-state index contributed by atoms with van der Waals surface area (Å²) in [7, 11) is 0. The Kier molecular flexibility index (Phi) is 5.86. The number of carbonyl (C=O) groups excluding carboxylic acids is 2.